The Morgan fingerprint density at radius 1 is 1.19 bits per heavy atom. The predicted octanol–water partition coefficient (Wildman–Crippen LogP) is 3.90. The van der Waals surface area contributed by atoms with Gasteiger partial charge in [0.15, 0.2) is 6.61 Å². The molecule has 1 aromatic heterocycles. The summed E-state index contributed by atoms with van der Waals surface area (Å²) >= 11 is 7.47. The van der Waals surface area contributed by atoms with Gasteiger partial charge in [0.1, 0.15) is 5.75 Å². The third kappa shape index (κ3) is 4.33. The number of aromatic nitrogens is 1. The number of ether oxygens (including phenoxy) is 1. The molecule has 0 aliphatic heterocycles. The fourth-order valence-corrected chi connectivity index (χ4v) is 3.54. The van der Waals surface area contributed by atoms with Gasteiger partial charge in [-0.25, -0.2) is 5.43 Å². The van der Waals surface area contributed by atoms with Crippen LogP contribution in [-0.2, 0) is 11.3 Å². The van der Waals surface area contributed by atoms with Crippen molar-refractivity contribution in [3.05, 3.63) is 69.8 Å². The molecule has 0 saturated carbocycles. The Morgan fingerprint density at radius 3 is 2.65 bits per heavy atom. The number of hydrogen-bond acceptors (Lipinski definition) is 4. The maximum Gasteiger partial charge on any atom is 0.278 e. The maximum atomic E-state index is 12.0. The predicted molar refractivity (Wildman–Crippen MR) is 104 cm³/mol. The van der Waals surface area contributed by atoms with Crippen molar-refractivity contribution in [2.24, 2.45) is 5.10 Å². The number of para-hydroxylation sites is 1. The van der Waals surface area contributed by atoms with E-state index in [-0.39, 0.29) is 12.5 Å². The van der Waals surface area contributed by atoms with Gasteiger partial charge in [-0.15, -0.1) is 16.4 Å². The Balaban J connectivity index is 1.69. The maximum absolute atomic E-state index is 12.0. The third-order valence-electron chi connectivity index (χ3n) is 3.66. The molecule has 1 amide bonds. The van der Waals surface area contributed by atoms with Crippen molar-refractivity contribution >= 4 is 28.8 Å². The molecular formula is C19H18ClN3O2S. The van der Waals surface area contributed by atoms with Crippen molar-refractivity contribution in [2.75, 3.05) is 6.61 Å². The molecule has 1 N–H and O–H groups in total. The number of nitrogens with zero attached hydrogens (tertiary/aromatic N) is 2. The van der Waals surface area contributed by atoms with Crippen molar-refractivity contribution in [3.63, 3.8) is 0 Å². The summed E-state index contributed by atoms with van der Waals surface area (Å²) in [6.45, 7) is 2.63. The normalized spacial score (nSPS) is 11.4. The highest BCUT2D eigenvalue weighted by Gasteiger charge is 2.08. The van der Waals surface area contributed by atoms with Gasteiger partial charge in [-0.05, 0) is 24.6 Å². The van der Waals surface area contributed by atoms with E-state index in [0.717, 1.165) is 22.6 Å². The third-order valence-corrected chi connectivity index (χ3v) is 4.83. The van der Waals surface area contributed by atoms with E-state index in [0.29, 0.717) is 10.8 Å². The summed E-state index contributed by atoms with van der Waals surface area (Å²) < 4.78 is 7.46. The molecule has 0 fully saturated rings. The first-order valence-electron chi connectivity index (χ1n) is 8.12. The Labute approximate surface area is 160 Å². The standard InChI is InChI=1S/C19H18ClN3O2S/c1-2-23-16(14-8-4-3-5-9-14)13-26-19(23)22-21-18(24)12-25-17-11-7-6-10-15(17)20/h3-11,13H,2,12H2,1H3,(H,21,24)/b22-19+. The van der Waals surface area contributed by atoms with Crippen molar-refractivity contribution in [2.45, 2.75) is 13.5 Å². The lowest BCUT2D eigenvalue weighted by atomic mass is 10.2. The molecule has 0 unspecified atom stereocenters. The van der Waals surface area contributed by atoms with Gasteiger partial charge in [0.25, 0.3) is 5.91 Å². The number of rotatable bonds is 6. The number of hydrogen-bond donors (Lipinski definition) is 1. The number of benzene rings is 2. The van der Waals surface area contributed by atoms with Crippen LogP contribution in [0.15, 0.2) is 65.1 Å². The molecule has 0 spiro atoms. The van der Waals surface area contributed by atoms with Crippen LogP contribution < -0.4 is 15.0 Å². The van der Waals surface area contributed by atoms with Crippen LogP contribution in [0.4, 0.5) is 0 Å². The van der Waals surface area contributed by atoms with E-state index < -0.39 is 0 Å². The van der Waals surface area contributed by atoms with Crippen molar-refractivity contribution in [1.29, 1.82) is 0 Å². The minimum absolute atomic E-state index is 0.156. The average Bonchev–Trinajstić information content (AvgIpc) is 3.09. The number of thiazole rings is 1. The molecule has 0 aliphatic rings. The summed E-state index contributed by atoms with van der Waals surface area (Å²) in [7, 11) is 0. The van der Waals surface area contributed by atoms with Crippen LogP contribution in [0.2, 0.25) is 5.02 Å². The molecular weight excluding hydrogens is 370 g/mol. The minimum Gasteiger partial charge on any atom is -0.482 e. The highest BCUT2D eigenvalue weighted by molar-refractivity contribution is 7.07. The van der Waals surface area contributed by atoms with Gasteiger partial charge in [-0.3, -0.25) is 4.79 Å². The zero-order valence-corrected chi connectivity index (χ0v) is 15.8. The largest absolute Gasteiger partial charge is 0.482 e. The summed E-state index contributed by atoms with van der Waals surface area (Å²) in [4.78, 5) is 12.7. The molecule has 0 atom stereocenters. The Bertz CT molecular complexity index is 951. The number of amides is 1. The first-order valence-corrected chi connectivity index (χ1v) is 9.38. The summed E-state index contributed by atoms with van der Waals surface area (Å²) in [6.07, 6.45) is 0. The van der Waals surface area contributed by atoms with E-state index in [4.69, 9.17) is 16.3 Å². The van der Waals surface area contributed by atoms with Crippen LogP contribution in [0.3, 0.4) is 0 Å². The molecule has 0 aliphatic carbocycles. The van der Waals surface area contributed by atoms with Gasteiger partial charge in [-0.2, -0.15) is 0 Å². The van der Waals surface area contributed by atoms with E-state index in [1.807, 2.05) is 42.6 Å². The molecule has 3 rings (SSSR count). The van der Waals surface area contributed by atoms with Crippen molar-refractivity contribution in [3.8, 4) is 17.0 Å². The van der Waals surface area contributed by atoms with Crippen LogP contribution in [0, 0.1) is 0 Å². The van der Waals surface area contributed by atoms with Crippen molar-refractivity contribution < 1.29 is 9.53 Å². The number of nitrogens with one attached hydrogen (secondary N) is 1. The Hall–Kier alpha value is -2.57. The van der Waals surface area contributed by atoms with Gasteiger partial charge in [-0.1, -0.05) is 54.1 Å². The lowest BCUT2D eigenvalue weighted by molar-refractivity contribution is -0.123. The number of carbonyl (C=O) groups is 1. The second-order valence-electron chi connectivity index (χ2n) is 5.38. The molecule has 26 heavy (non-hydrogen) atoms. The van der Waals surface area contributed by atoms with E-state index >= 15 is 0 Å². The van der Waals surface area contributed by atoms with Gasteiger partial charge in [0, 0.05) is 11.9 Å². The first-order chi connectivity index (χ1) is 12.7. The molecule has 3 aromatic rings. The average molecular weight is 388 g/mol. The highest BCUT2D eigenvalue weighted by atomic mass is 35.5. The quantitative estimate of drug-likeness (QED) is 0.652. The molecule has 2 aromatic carbocycles. The Kier molecular flexibility index (Phi) is 6.09. The van der Waals surface area contributed by atoms with Gasteiger partial charge < -0.3 is 9.30 Å². The van der Waals surface area contributed by atoms with E-state index in [2.05, 4.69) is 15.1 Å². The minimum atomic E-state index is -0.345. The summed E-state index contributed by atoms with van der Waals surface area (Å²) in [5.74, 6) is 0.123. The molecule has 7 heteroatoms. The second kappa shape index (κ2) is 8.69. The number of carbonyl (C=O) groups excluding carboxylic acids is 1. The highest BCUT2D eigenvalue weighted by Crippen LogP contribution is 2.22. The van der Waals surface area contributed by atoms with Gasteiger partial charge in [0.05, 0.1) is 10.7 Å². The molecule has 0 bridgehead atoms. The molecule has 5 nitrogen and oxygen atoms in total. The topological polar surface area (TPSA) is 55.6 Å². The van der Waals surface area contributed by atoms with Crippen molar-refractivity contribution in [1.82, 2.24) is 9.99 Å². The van der Waals surface area contributed by atoms with Crippen LogP contribution in [0.5, 0.6) is 5.75 Å². The lowest BCUT2D eigenvalue weighted by Gasteiger charge is -2.07. The fourth-order valence-electron chi connectivity index (χ4n) is 2.41. The smallest absolute Gasteiger partial charge is 0.278 e. The number of halogens is 1. The van der Waals surface area contributed by atoms with Crippen LogP contribution in [-0.4, -0.2) is 17.1 Å². The van der Waals surface area contributed by atoms with Crippen LogP contribution in [0.25, 0.3) is 11.3 Å². The molecule has 1 heterocycles. The van der Waals surface area contributed by atoms with Crippen LogP contribution in [0.1, 0.15) is 6.92 Å². The zero-order valence-electron chi connectivity index (χ0n) is 14.2. The monoisotopic (exact) mass is 387 g/mol. The lowest BCUT2D eigenvalue weighted by Crippen LogP contribution is -2.28. The van der Waals surface area contributed by atoms with E-state index in [1.54, 1.807) is 24.3 Å². The molecule has 0 radical (unpaired) electrons. The SMILES string of the molecule is CCn1c(-c2ccccc2)cs/c1=N/NC(=O)COc1ccccc1Cl. The zero-order chi connectivity index (χ0) is 18.4. The van der Waals surface area contributed by atoms with Gasteiger partial charge in [0.2, 0.25) is 4.80 Å². The van der Waals surface area contributed by atoms with E-state index in [1.165, 1.54) is 11.3 Å². The summed E-state index contributed by atoms with van der Waals surface area (Å²) in [5.41, 5.74) is 4.72. The summed E-state index contributed by atoms with van der Waals surface area (Å²) in [5, 5.41) is 6.72. The van der Waals surface area contributed by atoms with Crippen LogP contribution >= 0.6 is 22.9 Å². The first kappa shape index (κ1) is 18.2. The van der Waals surface area contributed by atoms with Gasteiger partial charge >= 0.3 is 0 Å². The fraction of sp³-hybridized carbons (Fsp3) is 0.158. The summed E-state index contributed by atoms with van der Waals surface area (Å²) in [6, 6.07) is 17.1. The Morgan fingerprint density at radius 2 is 1.92 bits per heavy atom. The second-order valence-corrected chi connectivity index (χ2v) is 6.62. The van der Waals surface area contributed by atoms with E-state index in [9.17, 15) is 4.79 Å². The molecule has 0 saturated heterocycles. The molecule has 134 valence electrons.